The van der Waals surface area contributed by atoms with Crippen LogP contribution in [0.25, 0.3) is 32.8 Å². The molecule has 4 aromatic rings. The highest BCUT2D eigenvalue weighted by Gasteiger charge is 2.31. The minimum atomic E-state index is -0.685. The van der Waals surface area contributed by atoms with E-state index in [-0.39, 0.29) is 45.1 Å². The Labute approximate surface area is 258 Å². The zero-order valence-corrected chi connectivity index (χ0v) is 25.4. The summed E-state index contributed by atoms with van der Waals surface area (Å²) in [5.41, 5.74) is 0.444. The molecule has 2 fully saturated rings. The van der Waals surface area contributed by atoms with Gasteiger partial charge >= 0.3 is 6.01 Å². The van der Waals surface area contributed by atoms with Crippen molar-refractivity contribution < 1.29 is 18.3 Å². The topological polar surface area (TPSA) is 61.8 Å². The van der Waals surface area contributed by atoms with E-state index in [1.165, 1.54) is 12.1 Å². The summed E-state index contributed by atoms with van der Waals surface area (Å²) >= 11 is 13.2. The van der Waals surface area contributed by atoms with Gasteiger partial charge in [-0.25, -0.2) is 8.78 Å². The Balaban J connectivity index is 1.51. The molecule has 2 saturated heterocycles. The number of benzene rings is 3. The maximum Gasteiger partial charge on any atom is 0.319 e. The number of likely N-dealkylation sites (tertiary alicyclic amines) is 1. The number of carbonyl (C=O) groups is 1. The van der Waals surface area contributed by atoms with Crippen LogP contribution in [0, 0.1) is 11.6 Å². The number of piperazine rings is 1. The average Bonchev–Trinajstić information content (AvgIpc) is 3.42. The van der Waals surface area contributed by atoms with Crippen LogP contribution in [-0.4, -0.2) is 77.6 Å². The van der Waals surface area contributed by atoms with Crippen LogP contribution in [0.4, 0.5) is 14.6 Å². The zero-order chi connectivity index (χ0) is 30.4. The van der Waals surface area contributed by atoms with Gasteiger partial charge in [0.15, 0.2) is 5.82 Å². The third-order valence-corrected chi connectivity index (χ3v) is 9.18. The molecular weight excluding hydrogens is 595 g/mol. The number of nitrogens with zero attached hydrogens (tertiary/aromatic N) is 5. The van der Waals surface area contributed by atoms with E-state index in [4.69, 9.17) is 32.9 Å². The maximum atomic E-state index is 16.8. The van der Waals surface area contributed by atoms with Crippen LogP contribution < -0.4 is 9.64 Å². The van der Waals surface area contributed by atoms with Crippen molar-refractivity contribution in [2.45, 2.75) is 31.8 Å². The van der Waals surface area contributed by atoms with E-state index in [0.717, 1.165) is 19.4 Å². The second-order valence-electron chi connectivity index (χ2n) is 11.2. The molecule has 0 saturated carbocycles. The van der Waals surface area contributed by atoms with Crippen LogP contribution in [0.5, 0.6) is 6.01 Å². The summed E-state index contributed by atoms with van der Waals surface area (Å²) in [4.78, 5) is 27.6. The lowest BCUT2D eigenvalue weighted by Crippen LogP contribution is -2.53. The molecule has 0 bridgehead atoms. The lowest BCUT2D eigenvalue weighted by Gasteiger charge is -2.40. The van der Waals surface area contributed by atoms with Gasteiger partial charge in [0.1, 0.15) is 23.8 Å². The zero-order valence-electron chi connectivity index (χ0n) is 23.9. The van der Waals surface area contributed by atoms with Crippen LogP contribution >= 0.6 is 23.2 Å². The second kappa shape index (κ2) is 11.9. The Bertz CT molecular complexity index is 1750. The van der Waals surface area contributed by atoms with Crippen molar-refractivity contribution in [3.8, 4) is 17.1 Å². The fourth-order valence-corrected chi connectivity index (χ4v) is 6.74. The van der Waals surface area contributed by atoms with Gasteiger partial charge in [-0.3, -0.25) is 4.79 Å². The number of likely N-dealkylation sites (N-methyl/N-ethyl adjacent to an activating group) is 1. The molecular formula is C32H31Cl2F2N5O2. The van der Waals surface area contributed by atoms with Crippen molar-refractivity contribution in [3.63, 3.8) is 0 Å². The van der Waals surface area contributed by atoms with Gasteiger partial charge in [0.25, 0.3) is 0 Å². The lowest BCUT2D eigenvalue weighted by molar-refractivity contribution is -0.126. The number of fused-ring (bicyclic) bond motifs is 2. The highest BCUT2D eigenvalue weighted by atomic mass is 35.5. The van der Waals surface area contributed by atoms with Crippen molar-refractivity contribution in [2.24, 2.45) is 0 Å². The summed E-state index contributed by atoms with van der Waals surface area (Å²) in [7, 11) is 2.05. The third kappa shape index (κ3) is 5.39. The monoisotopic (exact) mass is 625 g/mol. The first-order valence-electron chi connectivity index (χ1n) is 14.3. The number of carbonyl (C=O) groups excluding carboxylic acids is 1. The molecule has 224 valence electrons. The van der Waals surface area contributed by atoms with E-state index in [2.05, 4.69) is 16.5 Å². The Morgan fingerprint density at radius 3 is 2.70 bits per heavy atom. The second-order valence-corrected chi connectivity index (χ2v) is 11.9. The molecule has 2 aliphatic heterocycles. The van der Waals surface area contributed by atoms with Crippen molar-refractivity contribution in [3.05, 3.63) is 70.7 Å². The van der Waals surface area contributed by atoms with Crippen LogP contribution in [0.15, 0.2) is 49.1 Å². The van der Waals surface area contributed by atoms with Crippen LogP contribution in [-0.2, 0) is 4.79 Å². The summed E-state index contributed by atoms with van der Waals surface area (Å²) in [5.74, 6) is -0.978. The number of hydrogen-bond donors (Lipinski definition) is 0. The number of amides is 1. The number of hydrogen-bond acceptors (Lipinski definition) is 6. The molecule has 7 nitrogen and oxygen atoms in total. The minimum Gasteiger partial charge on any atom is -0.462 e. The summed E-state index contributed by atoms with van der Waals surface area (Å²) in [6.07, 6.45) is 3.36. The molecule has 0 spiro atoms. The van der Waals surface area contributed by atoms with Gasteiger partial charge in [-0.15, -0.1) is 0 Å². The van der Waals surface area contributed by atoms with Gasteiger partial charge in [0, 0.05) is 48.1 Å². The number of halogens is 4. The van der Waals surface area contributed by atoms with E-state index in [1.54, 1.807) is 35.2 Å². The van der Waals surface area contributed by atoms with Gasteiger partial charge in [-0.05, 0) is 62.5 Å². The minimum absolute atomic E-state index is 0.0282. The van der Waals surface area contributed by atoms with Crippen molar-refractivity contribution >= 4 is 56.6 Å². The fraction of sp³-hybridized carbons (Fsp3) is 0.344. The molecule has 0 unspecified atom stereocenters. The first-order valence-corrected chi connectivity index (χ1v) is 15.0. The molecule has 2 aliphatic rings. The number of ether oxygens (including phenoxy) is 1. The molecule has 1 aromatic heterocycles. The lowest BCUT2D eigenvalue weighted by atomic mass is 9.96. The highest BCUT2D eigenvalue weighted by molar-refractivity contribution is 6.38. The predicted molar refractivity (Wildman–Crippen MR) is 167 cm³/mol. The molecule has 6 rings (SSSR count). The number of rotatable bonds is 6. The van der Waals surface area contributed by atoms with Crippen LogP contribution in [0.1, 0.15) is 19.8 Å². The molecule has 1 amide bonds. The molecule has 11 heteroatoms. The van der Waals surface area contributed by atoms with Gasteiger partial charge < -0.3 is 19.4 Å². The Kier molecular flexibility index (Phi) is 8.15. The maximum absolute atomic E-state index is 16.8. The molecule has 3 heterocycles. The molecule has 3 aromatic carbocycles. The van der Waals surface area contributed by atoms with Gasteiger partial charge in [-0.2, -0.15) is 9.97 Å². The summed E-state index contributed by atoms with van der Waals surface area (Å²) in [6, 6.07) is 9.81. The van der Waals surface area contributed by atoms with Crippen LogP contribution in [0.2, 0.25) is 10.0 Å². The normalized spacial score (nSPS) is 19.4. The van der Waals surface area contributed by atoms with E-state index in [9.17, 15) is 9.18 Å². The third-order valence-electron chi connectivity index (χ3n) is 8.51. The van der Waals surface area contributed by atoms with Crippen molar-refractivity contribution in [1.82, 2.24) is 19.8 Å². The van der Waals surface area contributed by atoms with E-state index < -0.39 is 11.6 Å². The Morgan fingerprint density at radius 1 is 1.16 bits per heavy atom. The van der Waals surface area contributed by atoms with Gasteiger partial charge in [-0.1, -0.05) is 54.0 Å². The first-order chi connectivity index (χ1) is 20.7. The standard InChI is InChI=1S/C32H31Cl2F2N5O2/c1-4-25(42)40-13-14-41(18(2)16-40)31-22-15-23(33)27(21-9-5-7-19-10-11-24(35)28(34)26(19)21)29(36)30(22)37-32(38-31)43-17-20-8-6-12-39(20)3/h4-5,7,9-11,15,18,20H,1,6,8,12-14,16-17H2,2-3H3/t18-,20-/m0/s1. The highest BCUT2D eigenvalue weighted by Crippen LogP contribution is 2.43. The Hall–Kier alpha value is -3.53. The average molecular weight is 627 g/mol. The smallest absolute Gasteiger partial charge is 0.319 e. The van der Waals surface area contributed by atoms with E-state index in [0.29, 0.717) is 53.8 Å². The fourth-order valence-electron chi connectivity index (χ4n) is 6.17. The largest absolute Gasteiger partial charge is 0.462 e. The van der Waals surface area contributed by atoms with E-state index >= 15 is 4.39 Å². The number of aromatic nitrogens is 2. The van der Waals surface area contributed by atoms with Crippen LogP contribution in [0.3, 0.4) is 0 Å². The SMILES string of the molecule is C=CC(=O)N1CCN(c2nc(OC[C@@H]3CCCN3C)nc3c(F)c(-c4cccc5ccc(F)c(Cl)c45)c(Cl)cc23)[C@@H](C)C1. The molecule has 0 N–H and O–H groups in total. The van der Waals surface area contributed by atoms with Gasteiger partial charge in [0.2, 0.25) is 5.91 Å². The predicted octanol–water partition coefficient (Wildman–Crippen LogP) is 6.73. The molecule has 43 heavy (non-hydrogen) atoms. The quantitative estimate of drug-likeness (QED) is 0.221. The summed E-state index contributed by atoms with van der Waals surface area (Å²) < 4.78 is 37.4. The summed E-state index contributed by atoms with van der Waals surface area (Å²) in [5, 5.41) is 1.41. The number of anilines is 1. The van der Waals surface area contributed by atoms with E-state index in [1.807, 2.05) is 18.9 Å². The van der Waals surface area contributed by atoms with Crippen molar-refractivity contribution in [1.29, 1.82) is 0 Å². The summed E-state index contributed by atoms with van der Waals surface area (Å²) in [6.45, 7) is 8.25. The molecule has 0 aliphatic carbocycles. The molecule has 0 radical (unpaired) electrons. The molecule has 2 atom stereocenters. The van der Waals surface area contributed by atoms with Gasteiger partial charge in [0.05, 0.1) is 10.0 Å². The first kappa shape index (κ1) is 29.5. The van der Waals surface area contributed by atoms with Crippen molar-refractivity contribution in [2.75, 3.05) is 44.7 Å². The Morgan fingerprint density at radius 2 is 1.98 bits per heavy atom.